The molecule has 2 aliphatic heterocycles. The molecule has 32 heavy (non-hydrogen) atoms. The average molecular weight is 478 g/mol. The van der Waals surface area contributed by atoms with E-state index in [1.54, 1.807) is 41.3 Å². The monoisotopic (exact) mass is 477 g/mol. The van der Waals surface area contributed by atoms with Crippen molar-refractivity contribution in [2.24, 2.45) is 0 Å². The van der Waals surface area contributed by atoms with Crippen LogP contribution >= 0.6 is 11.6 Å². The molecule has 2 aromatic carbocycles. The lowest BCUT2D eigenvalue weighted by Gasteiger charge is -2.35. The molecule has 172 valence electrons. The van der Waals surface area contributed by atoms with Crippen molar-refractivity contribution in [2.45, 2.75) is 23.8 Å². The third kappa shape index (κ3) is 5.09. The van der Waals surface area contributed by atoms with Gasteiger partial charge in [0.2, 0.25) is 0 Å². The number of hydrogen-bond donors (Lipinski definition) is 0. The molecule has 1 amide bonds. The van der Waals surface area contributed by atoms with Gasteiger partial charge in [0.1, 0.15) is 0 Å². The standard InChI is InChI=1S/C23H28ClN3O4S/c1-25(20-7-3-6-19(24)16-20)32(29,30)22-9-2-5-18(15-22)23(28)27-12-10-26(11-13-27)17-21-8-4-14-31-21/h2-3,5-7,9,15-16,21H,4,8,10-14,17H2,1H3. The van der Waals surface area contributed by atoms with E-state index in [2.05, 4.69) is 4.90 Å². The molecular formula is C23H28ClN3O4S. The van der Waals surface area contributed by atoms with Crippen molar-refractivity contribution in [2.75, 3.05) is 50.7 Å². The molecule has 0 aromatic heterocycles. The number of amides is 1. The van der Waals surface area contributed by atoms with Gasteiger partial charge < -0.3 is 9.64 Å². The maximum atomic E-state index is 13.1. The Balaban J connectivity index is 1.43. The number of sulfonamides is 1. The van der Waals surface area contributed by atoms with Crippen molar-refractivity contribution in [1.29, 1.82) is 0 Å². The van der Waals surface area contributed by atoms with Crippen LogP contribution in [-0.2, 0) is 14.8 Å². The molecule has 2 saturated heterocycles. The minimum absolute atomic E-state index is 0.0721. The van der Waals surface area contributed by atoms with Crippen LogP contribution in [0.15, 0.2) is 53.4 Å². The van der Waals surface area contributed by atoms with E-state index in [0.717, 1.165) is 39.1 Å². The highest BCUT2D eigenvalue weighted by Crippen LogP contribution is 2.25. The van der Waals surface area contributed by atoms with Gasteiger partial charge in [0.05, 0.1) is 16.7 Å². The second-order valence-electron chi connectivity index (χ2n) is 8.21. The summed E-state index contributed by atoms with van der Waals surface area (Å²) in [5.41, 5.74) is 0.828. The zero-order valence-corrected chi connectivity index (χ0v) is 19.7. The summed E-state index contributed by atoms with van der Waals surface area (Å²) in [7, 11) is -2.36. The Bertz CT molecular complexity index is 1060. The molecule has 0 spiro atoms. The van der Waals surface area contributed by atoms with Crippen LogP contribution in [0.4, 0.5) is 5.69 Å². The van der Waals surface area contributed by atoms with E-state index in [1.807, 2.05) is 0 Å². The summed E-state index contributed by atoms with van der Waals surface area (Å²) in [6.07, 6.45) is 2.52. The molecule has 0 N–H and O–H groups in total. The van der Waals surface area contributed by atoms with Crippen molar-refractivity contribution in [3.05, 3.63) is 59.1 Å². The second kappa shape index (κ2) is 9.79. The number of benzene rings is 2. The Morgan fingerprint density at radius 2 is 1.88 bits per heavy atom. The number of carbonyl (C=O) groups excluding carboxylic acids is 1. The lowest BCUT2D eigenvalue weighted by atomic mass is 10.1. The van der Waals surface area contributed by atoms with Crippen LogP contribution in [0.3, 0.4) is 0 Å². The number of nitrogens with zero attached hydrogens (tertiary/aromatic N) is 3. The predicted octanol–water partition coefficient (Wildman–Crippen LogP) is 3.10. The molecule has 7 nitrogen and oxygen atoms in total. The number of hydrogen-bond acceptors (Lipinski definition) is 5. The normalized spacial score (nSPS) is 19.8. The molecule has 0 radical (unpaired) electrons. The largest absolute Gasteiger partial charge is 0.377 e. The van der Waals surface area contributed by atoms with E-state index in [-0.39, 0.29) is 10.8 Å². The summed E-state index contributed by atoms with van der Waals surface area (Å²) < 4.78 is 33.2. The Morgan fingerprint density at radius 1 is 1.12 bits per heavy atom. The minimum Gasteiger partial charge on any atom is -0.377 e. The highest BCUT2D eigenvalue weighted by atomic mass is 35.5. The quantitative estimate of drug-likeness (QED) is 0.639. The Kier molecular flexibility index (Phi) is 7.05. The summed E-state index contributed by atoms with van der Waals surface area (Å²) in [4.78, 5) is 17.3. The van der Waals surface area contributed by atoms with Crippen LogP contribution in [0.1, 0.15) is 23.2 Å². The van der Waals surface area contributed by atoms with Crippen molar-refractivity contribution in [3.8, 4) is 0 Å². The van der Waals surface area contributed by atoms with Crippen molar-refractivity contribution in [3.63, 3.8) is 0 Å². The van der Waals surface area contributed by atoms with Crippen LogP contribution < -0.4 is 4.31 Å². The Hall–Kier alpha value is -2.13. The summed E-state index contributed by atoms with van der Waals surface area (Å²) >= 11 is 6.01. The third-order valence-corrected chi connectivity index (χ3v) is 8.07. The van der Waals surface area contributed by atoms with Crippen LogP contribution in [-0.4, -0.2) is 76.6 Å². The third-order valence-electron chi connectivity index (χ3n) is 6.06. The van der Waals surface area contributed by atoms with Crippen LogP contribution in [0.2, 0.25) is 5.02 Å². The van der Waals surface area contributed by atoms with Gasteiger partial charge in [-0.1, -0.05) is 23.7 Å². The van der Waals surface area contributed by atoms with Gasteiger partial charge in [-0.05, 0) is 49.2 Å². The first-order chi connectivity index (χ1) is 15.3. The van der Waals surface area contributed by atoms with Crippen molar-refractivity contribution in [1.82, 2.24) is 9.80 Å². The lowest BCUT2D eigenvalue weighted by molar-refractivity contribution is 0.0432. The Labute approximate surface area is 194 Å². The number of rotatable bonds is 6. The molecule has 2 fully saturated rings. The first kappa shape index (κ1) is 23.0. The first-order valence-electron chi connectivity index (χ1n) is 10.8. The van der Waals surface area contributed by atoms with Gasteiger partial charge in [0, 0.05) is 57.0 Å². The van der Waals surface area contributed by atoms with Gasteiger partial charge in [-0.2, -0.15) is 0 Å². The SMILES string of the molecule is CN(c1cccc(Cl)c1)S(=O)(=O)c1cccc(C(=O)N2CCN(CC3CCCO3)CC2)c1. The lowest BCUT2D eigenvalue weighted by Crippen LogP contribution is -2.50. The Morgan fingerprint density at radius 3 is 2.56 bits per heavy atom. The van der Waals surface area contributed by atoms with Crippen LogP contribution in [0, 0.1) is 0 Å². The minimum atomic E-state index is -3.84. The van der Waals surface area contributed by atoms with E-state index >= 15 is 0 Å². The first-order valence-corrected chi connectivity index (χ1v) is 12.6. The molecule has 2 heterocycles. The van der Waals surface area contributed by atoms with E-state index in [1.165, 1.54) is 23.5 Å². The van der Waals surface area contributed by atoms with Gasteiger partial charge in [0.25, 0.3) is 15.9 Å². The number of piperazine rings is 1. The van der Waals surface area contributed by atoms with Gasteiger partial charge >= 0.3 is 0 Å². The molecule has 2 aliphatic rings. The van der Waals surface area contributed by atoms with E-state index in [4.69, 9.17) is 16.3 Å². The zero-order valence-electron chi connectivity index (χ0n) is 18.1. The maximum Gasteiger partial charge on any atom is 0.264 e. The predicted molar refractivity (Wildman–Crippen MR) is 125 cm³/mol. The van der Waals surface area contributed by atoms with Gasteiger partial charge in [-0.15, -0.1) is 0 Å². The molecule has 0 aliphatic carbocycles. The fourth-order valence-corrected chi connectivity index (χ4v) is 5.57. The van der Waals surface area contributed by atoms with E-state index < -0.39 is 10.0 Å². The maximum absolute atomic E-state index is 13.1. The number of halogens is 1. The highest BCUT2D eigenvalue weighted by Gasteiger charge is 2.27. The molecule has 9 heteroatoms. The summed E-state index contributed by atoms with van der Waals surface area (Å²) in [6, 6.07) is 12.9. The topological polar surface area (TPSA) is 70.2 Å². The summed E-state index contributed by atoms with van der Waals surface area (Å²) in [5, 5.41) is 0.451. The summed E-state index contributed by atoms with van der Waals surface area (Å²) in [6.45, 7) is 4.57. The van der Waals surface area contributed by atoms with Crippen LogP contribution in [0.25, 0.3) is 0 Å². The average Bonchev–Trinajstić information content (AvgIpc) is 3.32. The highest BCUT2D eigenvalue weighted by molar-refractivity contribution is 7.92. The smallest absolute Gasteiger partial charge is 0.264 e. The van der Waals surface area contributed by atoms with Gasteiger partial charge in [-0.25, -0.2) is 8.42 Å². The fourth-order valence-electron chi connectivity index (χ4n) is 4.15. The molecule has 0 bridgehead atoms. The van der Waals surface area contributed by atoms with E-state index in [0.29, 0.717) is 35.5 Å². The zero-order chi connectivity index (χ0) is 22.7. The fraction of sp³-hybridized carbons (Fsp3) is 0.435. The molecule has 1 unspecified atom stereocenters. The van der Waals surface area contributed by atoms with Crippen molar-refractivity contribution >= 4 is 33.2 Å². The van der Waals surface area contributed by atoms with Gasteiger partial charge in [0.15, 0.2) is 0 Å². The number of carbonyl (C=O) groups is 1. The van der Waals surface area contributed by atoms with Crippen LogP contribution in [0.5, 0.6) is 0 Å². The second-order valence-corrected chi connectivity index (χ2v) is 10.6. The van der Waals surface area contributed by atoms with Gasteiger partial charge in [-0.3, -0.25) is 14.0 Å². The molecule has 2 aromatic rings. The molecule has 0 saturated carbocycles. The number of ether oxygens (including phenoxy) is 1. The molecule has 1 atom stereocenters. The van der Waals surface area contributed by atoms with Crippen molar-refractivity contribution < 1.29 is 17.9 Å². The number of anilines is 1. The molecule has 4 rings (SSSR count). The molecular weight excluding hydrogens is 450 g/mol. The summed E-state index contributed by atoms with van der Waals surface area (Å²) in [5.74, 6) is -0.149. The van der Waals surface area contributed by atoms with E-state index in [9.17, 15) is 13.2 Å².